The van der Waals surface area contributed by atoms with Crippen LogP contribution in [0.4, 0.5) is 8.78 Å². The fourth-order valence-corrected chi connectivity index (χ4v) is 1.47. The van der Waals surface area contributed by atoms with Crippen LogP contribution < -0.4 is 4.74 Å². The molecule has 88 valence electrons. The van der Waals surface area contributed by atoms with Crippen LogP contribution in [0, 0.1) is 6.92 Å². The SMILES string of the molecule is Cc1ccc(OC(F)F)cc1C(=O)CCCl. The lowest BCUT2D eigenvalue weighted by Crippen LogP contribution is -2.06. The Labute approximate surface area is 97.2 Å². The van der Waals surface area contributed by atoms with Crippen molar-refractivity contribution in [3.63, 3.8) is 0 Å². The molecule has 0 unspecified atom stereocenters. The highest BCUT2D eigenvalue weighted by atomic mass is 35.5. The van der Waals surface area contributed by atoms with E-state index in [9.17, 15) is 13.6 Å². The first-order chi connectivity index (χ1) is 7.54. The summed E-state index contributed by atoms with van der Waals surface area (Å²) < 4.78 is 28.2. The first-order valence-corrected chi connectivity index (χ1v) is 5.22. The van der Waals surface area contributed by atoms with E-state index in [1.165, 1.54) is 12.1 Å². The summed E-state index contributed by atoms with van der Waals surface area (Å²) >= 11 is 5.45. The van der Waals surface area contributed by atoms with Gasteiger partial charge in [0.1, 0.15) is 5.75 Å². The normalized spacial score (nSPS) is 10.6. The zero-order chi connectivity index (χ0) is 12.1. The van der Waals surface area contributed by atoms with Crippen molar-refractivity contribution in [2.45, 2.75) is 20.0 Å². The van der Waals surface area contributed by atoms with Crippen molar-refractivity contribution < 1.29 is 18.3 Å². The minimum atomic E-state index is -2.89. The van der Waals surface area contributed by atoms with Crippen molar-refractivity contribution in [3.05, 3.63) is 29.3 Å². The van der Waals surface area contributed by atoms with E-state index in [-0.39, 0.29) is 23.8 Å². The summed E-state index contributed by atoms with van der Waals surface area (Å²) in [7, 11) is 0. The number of ketones is 1. The Balaban J connectivity index is 2.94. The number of Topliss-reactive ketones (excluding diaryl/α,β-unsaturated/α-hetero) is 1. The van der Waals surface area contributed by atoms with Crippen LogP contribution in [0.2, 0.25) is 0 Å². The van der Waals surface area contributed by atoms with Crippen LogP contribution in [0.25, 0.3) is 0 Å². The third-order valence-corrected chi connectivity index (χ3v) is 2.25. The molecule has 0 aliphatic rings. The second kappa shape index (κ2) is 5.80. The molecule has 0 radical (unpaired) electrons. The zero-order valence-electron chi connectivity index (χ0n) is 8.67. The molecule has 0 fully saturated rings. The Bertz CT molecular complexity index is 380. The van der Waals surface area contributed by atoms with Gasteiger partial charge < -0.3 is 4.74 Å². The maximum atomic E-state index is 12.0. The molecule has 0 bridgehead atoms. The molecule has 0 spiro atoms. The van der Waals surface area contributed by atoms with Crippen LogP contribution in [0.15, 0.2) is 18.2 Å². The van der Waals surface area contributed by atoms with E-state index >= 15 is 0 Å². The summed E-state index contributed by atoms with van der Waals surface area (Å²) in [5.74, 6) is 0.0174. The van der Waals surface area contributed by atoms with Crippen molar-refractivity contribution in [3.8, 4) is 5.75 Å². The van der Waals surface area contributed by atoms with Gasteiger partial charge in [-0.2, -0.15) is 8.78 Å². The van der Waals surface area contributed by atoms with Gasteiger partial charge in [0, 0.05) is 17.9 Å². The molecule has 16 heavy (non-hydrogen) atoms. The number of rotatable bonds is 5. The molecule has 1 aromatic rings. The third kappa shape index (κ3) is 3.45. The Kier molecular flexibility index (Phi) is 4.68. The van der Waals surface area contributed by atoms with Gasteiger partial charge in [-0.1, -0.05) is 6.07 Å². The lowest BCUT2D eigenvalue weighted by molar-refractivity contribution is -0.0498. The van der Waals surface area contributed by atoms with Gasteiger partial charge in [0.2, 0.25) is 0 Å². The smallest absolute Gasteiger partial charge is 0.387 e. The minimum Gasteiger partial charge on any atom is -0.435 e. The molecule has 2 nitrogen and oxygen atoms in total. The molecule has 0 atom stereocenters. The molecule has 0 aromatic heterocycles. The van der Waals surface area contributed by atoms with Crippen molar-refractivity contribution in [1.82, 2.24) is 0 Å². The predicted octanol–water partition coefficient (Wildman–Crippen LogP) is 3.41. The van der Waals surface area contributed by atoms with Gasteiger partial charge in [-0.25, -0.2) is 0 Å². The quantitative estimate of drug-likeness (QED) is 0.590. The molecule has 0 heterocycles. The molecule has 0 N–H and O–H groups in total. The third-order valence-electron chi connectivity index (χ3n) is 2.06. The molecule has 1 rings (SSSR count). The van der Waals surface area contributed by atoms with Crippen molar-refractivity contribution in [2.24, 2.45) is 0 Å². The van der Waals surface area contributed by atoms with E-state index in [4.69, 9.17) is 11.6 Å². The average molecular weight is 249 g/mol. The predicted molar refractivity (Wildman–Crippen MR) is 57.5 cm³/mol. The second-order valence-electron chi connectivity index (χ2n) is 3.22. The molecule has 0 saturated heterocycles. The summed E-state index contributed by atoms with van der Waals surface area (Å²) in [4.78, 5) is 11.6. The number of ether oxygens (including phenoxy) is 1. The fourth-order valence-electron chi connectivity index (χ4n) is 1.30. The maximum Gasteiger partial charge on any atom is 0.387 e. The van der Waals surface area contributed by atoms with E-state index in [0.717, 1.165) is 5.56 Å². The number of carbonyl (C=O) groups excluding carboxylic acids is 1. The lowest BCUT2D eigenvalue weighted by Gasteiger charge is -2.08. The van der Waals surface area contributed by atoms with Crippen molar-refractivity contribution in [2.75, 3.05) is 5.88 Å². The summed E-state index contributed by atoms with van der Waals surface area (Å²) in [5.41, 5.74) is 1.09. The fraction of sp³-hybridized carbons (Fsp3) is 0.364. The van der Waals surface area contributed by atoms with Gasteiger partial charge in [-0.05, 0) is 24.6 Å². The Morgan fingerprint density at radius 3 is 2.75 bits per heavy atom. The van der Waals surface area contributed by atoms with Gasteiger partial charge >= 0.3 is 6.61 Å². The monoisotopic (exact) mass is 248 g/mol. The summed E-state index contributed by atoms with van der Waals surface area (Å²) in [6, 6.07) is 4.29. The van der Waals surface area contributed by atoms with Crippen LogP contribution in [-0.4, -0.2) is 18.3 Å². The van der Waals surface area contributed by atoms with Crippen LogP contribution in [0.5, 0.6) is 5.75 Å². The molecule has 0 saturated carbocycles. The van der Waals surface area contributed by atoms with Gasteiger partial charge in [-0.15, -0.1) is 11.6 Å². The van der Waals surface area contributed by atoms with Gasteiger partial charge in [-0.3, -0.25) is 4.79 Å². The lowest BCUT2D eigenvalue weighted by atomic mass is 10.0. The van der Waals surface area contributed by atoms with E-state index in [2.05, 4.69) is 4.74 Å². The van der Waals surface area contributed by atoms with E-state index in [0.29, 0.717) is 5.56 Å². The summed E-state index contributed by atoms with van der Waals surface area (Å²) in [6.45, 7) is -1.16. The van der Waals surface area contributed by atoms with Crippen LogP contribution in [0.3, 0.4) is 0 Å². The minimum absolute atomic E-state index is 0.0153. The van der Waals surface area contributed by atoms with Gasteiger partial charge in [0.25, 0.3) is 0 Å². The topological polar surface area (TPSA) is 26.3 Å². The number of carbonyl (C=O) groups is 1. The summed E-state index contributed by atoms with van der Waals surface area (Å²) in [6.07, 6.45) is 0.181. The number of benzene rings is 1. The van der Waals surface area contributed by atoms with E-state index < -0.39 is 6.61 Å². The molecule has 0 amide bonds. The van der Waals surface area contributed by atoms with Crippen LogP contribution in [-0.2, 0) is 0 Å². The highest BCUT2D eigenvalue weighted by Gasteiger charge is 2.11. The first-order valence-electron chi connectivity index (χ1n) is 4.69. The summed E-state index contributed by atoms with van der Waals surface area (Å²) in [5, 5.41) is 0. The molecule has 1 aromatic carbocycles. The highest BCUT2D eigenvalue weighted by molar-refractivity contribution is 6.19. The number of halogens is 3. The molecule has 0 aliphatic heterocycles. The number of hydrogen-bond acceptors (Lipinski definition) is 2. The Hall–Kier alpha value is -1.16. The van der Waals surface area contributed by atoms with Crippen molar-refractivity contribution in [1.29, 1.82) is 0 Å². The molecular formula is C11H11ClF2O2. The van der Waals surface area contributed by atoms with E-state index in [1.807, 2.05) is 0 Å². The van der Waals surface area contributed by atoms with E-state index in [1.54, 1.807) is 13.0 Å². The number of hydrogen-bond donors (Lipinski definition) is 0. The Morgan fingerprint density at radius 1 is 1.50 bits per heavy atom. The Morgan fingerprint density at radius 2 is 2.19 bits per heavy atom. The number of alkyl halides is 3. The highest BCUT2D eigenvalue weighted by Crippen LogP contribution is 2.20. The van der Waals surface area contributed by atoms with Gasteiger partial charge in [0.15, 0.2) is 5.78 Å². The second-order valence-corrected chi connectivity index (χ2v) is 3.60. The van der Waals surface area contributed by atoms with Crippen LogP contribution >= 0.6 is 11.6 Å². The largest absolute Gasteiger partial charge is 0.435 e. The molecule has 0 aliphatic carbocycles. The molecule has 5 heteroatoms. The zero-order valence-corrected chi connectivity index (χ0v) is 9.43. The first kappa shape index (κ1) is 12.9. The standard InChI is InChI=1S/C11H11ClF2O2/c1-7-2-3-8(16-11(13)14)6-9(7)10(15)4-5-12/h2-3,6,11H,4-5H2,1H3. The molecular weight excluding hydrogens is 238 g/mol. The number of aryl methyl sites for hydroxylation is 1. The average Bonchev–Trinajstić information content (AvgIpc) is 2.20. The maximum absolute atomic E-state index is 12.0. The van der Waals surface area contributed by atoms with Crippen molar-refractivity contribution >= 4 is 17.4 Å². The van der Waals surface area contributed by atoms with Crippen LogP contribution in [0.1, 0.15) is 22.3 Å². The van der Waals surface area contributed by atoms with Gasteiger partial charge in [0.05, 0.1) is 0 Å².